The first-order chi connectivity index (χ1) is 9.88. The lowest BCUT2D eigenvalue weighted by Gasteiger charge is -2.09. The van der Waals surface area contributed by atoms with E-state index in [2.05, 4.69) is 0 Å². The van der Waals surface area contributed by atoms with Crippen molar-refractivity contribution in [1.82, 2.24) is 0 Å². The number of primary amides is 1. The van der Waals surface area contributed by atoms with Crippen molar-refractivity contribution in [3.8, 4) is 5.75 Å². The highest BCUT2D eigenvalue weighted by atomic mass is 35.5. The van der Waals surface area contributed by atoms with Crippen molar-refractivity contribution in [2.24, 2.45) is 5.73 Å². The molecule has 2 aromatic rings. The molecule has 2 N–H and O–H groups in total. The van der Waals surface area contributed by atoms with Crippen LogP contribution in [0.3, 0.4) is 0 Å². The average Bonchev–Trinajstić information content (AvgIpc) is 2.42. The Kier molecular flexibility index (Phi) is 4.65. The van der Waals surface area contributed by atoms with Gasteiger partial charge in [0.25, 0.3) is 5.91 Å². The van der Waals surface area contributed by atoms with Crippen LogP contribution in [0.25, 0.3) is 0 Å². The van der Waals surface area contributed by atoms with Gasteiger partial charge in [0.1, 0.15) is 12.4 Å². The number of amides is 1. The lowest BCUT2D eigenvalue weighted by Crippen LogP contribution is -2.14. The summed E-state index contributed by atoms with van der Waals surface area (Å²) in [5.74, 6) is -3.22. The number of carbonyl (C=O) groups excluding carboxylic acids is 1. The van der Waals surface area contributed by atoms with Gasteiger partial charge in [-0.2, -0.15) is 0 Å². The monoisotopic (exact) mass is 331 g/mol. The quantitative estimate of drug-likeness (QED) is 0.922. The molecule has 0 radical (unpaired) electrons. The van der Waals surface area contributed by atoms with E-state index in [1.807, 2.05) is 0 Å². The van der Waals surface area contributed by atoms with Gasteiger partial charge in [0.05, 0.1) is 15.6 Å². The third-order valence-electron chi connectivity index (χ3n) is 2.67. The zero-order valence-electron chi connectivity index (χ0n) is 10.5. The number of rotatable bonds is 4. The van der Waals surface area contributed by atoms with Crippen LogP contribution in [0.2, 0.25) is 10.0 Å². The fraction of sp³-hybridized carbons (Fsp3) is 0.0714. The third-order valence-corrected chi connectivity index (χ3v) is 3.40. The Morgan fingerprint density at radius 1 is 1.10 bits per heavy atom. The Morgan fingerprint density at radius 2 is 1.81 bits per heavy atom. The number of hydrogen-bond donors (Lipinski definition) is 1. The summed E-state index contributed by atoms with van der Waals surface area (Å²) in [6, 6.07) is 6.22. The molecule has 0 fully saturated rings. The molecule has 1 amide bonds. The average molecular weight is 332 g/mol. The van der Waals surface area contributed by atoms with E-state index in [1.165, 1.54) is 0 Å². The van der Waals surface area contributed by atoms with E-state index < -0.39 is 23.1 Å². The molecule has 0 aliphatic carbocycles. The minimum absolute atomic E-state index is 0.0385. The minimum Gasteiger partial charge on any atom is -0.486 e. The van der Waals surface area contributed by atoms with Crippen LogP contribution in [0, 0.1) is 11.6 Å². The van der Waals surface area contributed by atoms with Crippen LogP contribution in [0.15, 0.2) is 30.3 Å². The van der Waals surface area contributed by atoms with Crippen molar-refractivity contribution < 1.29 is 18.3 Å². The van der Waals surface area contributed by atoms with Crippen LogP contribution in [-0.4, -0.2) is 5.91 Å². The van der Waals surface area contributed by atoms with Gasteiger partial charge in [-0.1, -0.05) is 29.3 Å². The predicted octanol–water partition coefficient (Wildman–Crippen LogP) is 3.95. The molecule has 21 heavy (non-hydrogen) atoms. The van der Waals surface area contributed by atoms with Crippen molar-refractivity contribution in [2.75, 3.05) is 0 Å². The smallest absolute Gasteiger partial charge is 0.251 e. The maximum Gasteiger partial charge on any atom is 0.251 e. The van der Waals surface area contributed by atoms with Gasteiger partial charge >= 0.3 is 0 Å². The summed E-state index contributed by atoms with van der Waals surface area (Å²) < 4.78 is 32.4. The Bertz CT molecular complexity index is 708. The summed E-state index contributed by atoms with van der Waals surface area (Å²) in [5, 5.41) is 0.706. The van der Waals surface area contributed by atoms with Crippen molar-refractivity contribution in [1.29, 1.82) is 0 Å². The molecule has 0 aromatic heterocycles. The van der Waals surface area contributed by atoms with E-state index in [1.54, 1.807) is 18.2 Å². The number of benzene rings is 2. The lowest BCUT2D eigenvalue weighted by atomic mass is 10.2. The molecule has 0 spiro atoms. The van der Waals surface area contributed by atoms with E-state index in [4.69, 9.17) is 33.7 Å². The molecule has 7 heteroatoms. The molecule has 110 valence electrons. The van der Waals surface area contributed by atoms with Gasteiger partial charge in [-0.25, -0.2) is 8.78 Å². The Hall–Kier alpha value is -1.85. The fourth-order valence-electron chi connectivity index (χ4n) is 1.62. The van der Waals surface area contributed by atoms with Crippen molar-refractivity contribution in [3.05, 3.63) is 63.1 Å². The molecule has 3 nitrogen and oxygen atoms in total. The highest BCUT2D eigenvalue weighted by Crippen LogP contribution is 2.25. The number of carbonyl (C=O) groups is 1. The van der Waals surface area contributed by atoms with Crippen molar-refractivity contribution in [2.45, 2.75) is 6.61 Å². The number of ether oxygens (including phenoxy) is 1. The molecule has 0 saturated carbocycles. The Labute approximate surface area is 129 Å². The molecule has 0 bridgehead atoms. The van der Waals surface area contributed by atoms with E-state index in [-0.39, 0.29) is 12.4 Å². The van der Waals surface area contributed by atoms with E-state index >= 15 is 0 Å². The summed E-state index contributed by atoms with van der Waals surface area (Å²) in [5.41, 5.74) is 5.01. The first-order valence-electron chi connectivity index (χ1n) is 5.74. The maximum atomic E-state index is 13.7. The van der Waals surface area contributed by atoms with Crippen molar-refractivity contribution >= 4 is 29.1 Å². The molecule has 2 aromatic carbocycles. The molecule has 0 heterocycles. The zero-order chi connectivity index (χ0) is 15.6. The summed E-state index contributed by atoms with van der Waals surface area (Å²) in [7, 11) is 0. The first-order valence-corrected chi connectivity index (χ1v) is 6.49. The topological polar surface area (TPSA) is 52.3 Å². The second-order valence-corrected chi connectivity index (χ2v) is 4.98. The van der Waals surface area contributed by atoms with Gasteiger partial charge in [0, 0.05) is 6.07 Å². The second-order valence-electron chi connectivity index (χ2n) is 4.16. The third kappa shape index (κ3) is 3.62. The molecular weight excluding hydrogens is 323 g/mol. The number of hydrogen-bond acceptors (Lipinski definition) is 2. The van der Waals surface area contributed by atoms with Crippen LogP contribution < -0.4 is 10.5 Å². The van der Waals surface area contributed by atoms with Crippen LogP contribution in [0.1, 0.15) is 15.9 Å². The molecule has 0 saturated heterocycles. The second kappa shape index (κ2) is 6.28. The molecular formula is C14H9Cl2F2NO2. The molecule has 2 rings (SSSR count). The molecule has 0 aliphatic heterocycles. The zero-order valence-corrected chi connectivity index (χ0v) is 12.0. The predicted molar refractivity (Wildman–Crippen MR) is 75.7 cm³/mol. The van der Waals surface area contributed by atoms with Crippen LogP contribution >= 0.6 is 23.2 Å². The first kappa shape index (κ1) is 15.5. The Morgan fingerprint density at radius 3 is 2.43 bits per heavy atom. The van der Waals surface area contributed by atoms with Crippen LogP contribution in [0.5, 0.6) is 5.75 Å². The summed E-state index contributed by atoms with van der Waals surface area (Å²) >= 11 is 11.6. The fourth-order valence-corrected chi connectivity index (χ4v) is 1.94. The van der Waals surface area contributed by atoms with Crippen LogP contribution in [0.4, 0.5) is 8.78 Å². The van der Waals surface area contributed by atoms with E-state index in [0.717, 1.165) is 6.07 Å². The van der Waals surface area contributed by atoms with E-state index in [9.17, 15) is 13.6 Å². The van der Waals surface area contributed by atoms with Gasteiger partial charge in [0.15, 0.2) is 11.6 Å². The highest BCUT2D eigenvalue weighted by molar-refractivity contribution is 6.42. The van der Waals surface area contributed by atoms with Gasteiger partial charge in [-0.15, -0.1) is 0 Å². The summed E-state index contributed by atoms with van der Waals surface area (Å²) in [6.45, 7) is -0.0385. The minimum atomic E-state index is -1.05. The largest absolute Gasteiger partial charge is 0.486 e. The SMILES string of the molecule is NC(=O)c1cc(F)c(OCc2ccc(Cl)c(Cl)c2)cc1F. The van der Waals surface area contributed by atoms with Gasteiger partial charge in [0.2, 0.25) is 0 Å². The normalized spacial score (nSPS) is 10.5. The van der Waals surface area contributed by atoms with Crippen LogP contribution in [-0.2, 0) is 6.61 Å². The Balaban J connectivity index is 2.18. The summed E-state index contributed by atoms with van der Waals surface area (Å²) in [4.78, 5) is 10.9. The van der Waals surface area contributed by atoms with Crippen molar-refractivity contribution in [3.63, 3.8) is 0 Å². The maximum absolute atomic E-state index is 13.7. The van der Waals surface area contributed by atoms with E-state index in [0.29, 0.717) is 21.7 Å². The molecule has 0 aliphatic rings. The highest BCUT2D eigenvalue weighted by Gasteiger charge is 2.15. The summed E-state index contributed by atoms with van der Waals surface area (Å²) in [6.07, 6.45) is 0. The molecule has 0 unspecified atom stereocenters. The van der Waals surface area contributed by atoms with Gasteiger partial charge < -0.3 is 10.5 Å². The standard InChI is InChI=1S/C14H9Cl2F2NO2/c15-9-2-1-7(3-10(9)16)6-21-13-5-11(17)8(14(19)20)4-12(13)18/h1-5H,6H2,(H2,19,20). The lowest BCUT2D eigenvalue weighted by molar-refractivity contribution is 0.0996. The van der Waals surface area contributed by atoms with Gasteiger partial charge in [-0.3, -0.25) is 4.79 Å². The number of halogens is 4. The number of nitrogens with two attached hydrogens (primary N) is 1. The molecule has 0 atom stereocenters. The van der Waals surface area contributed by atoms with Gasteiger partial charge in [-0.05, 0) is 23.8 Å².